The topological polar surface area (TPSA) is 66.5 Å². The Bertz CT molecular complexity index is 555. The highest BCUT2D eigenvalue weighted by atomic mass is 32.2. The molecule has 1 fully saturated rings. The number of hydrogen-bond donors (Lipinski definition) is 1. The third-order valence-corrected chi connectivity index (χ3v) is 6.91. The number of piperidine rings is 1. The maximum absolute atomic E-state index is 12.5. The van der Waals surface area contributed by atoms with Crippen molar-refractivity contribution in [2.75, 3.05) is 19.6 Å². The van der Waals surface area contributed by atoms with E-state index in [0.717, 1.165) is 25.7 Å². The van der Waals surface area contributed by atoms with Gasteiger partial charge in [0.25, 0.3) is 10.0 Å². The molecule has 5 nitrogen and oxygen atoms in total. The first-order valence-electron chi connectivity index (χ1n) is 7.37. The summed E-state index contributed by atoms with van der Waals surface area (Å²) >= 11 is 1.22. The van der Waals surface area contributed by atoms with E-state index in [0.29, 0.717) is 17.3 Å². The van der Waals surface area contributed by atoms with E-state index in [2.05, 4.69) is 12.2 Å². The van der Waals surface area contributed by atoms with Gasteiger partial charge < -0.3 is 5.32 Å². The molecule has 2 heterocycles. The molecule has 2 rings (SSSR count). The van der Waals surface area contributed by atoms with Gasteiger partial charge >= 0.3 is 0 Å². The van der Waals surface area contributed by atoms with Crippen molar-refractivity contribution in [3.05, 3.63) is 17.5 Å². The summed E-state index contributed by atoms with van der Waals surface area (Å²) in [6.07, 6.45) is 3.48. The van der Waals surface area contributed by atoms with E-state index < -0.39 is 10.0 Å². The number of carbonyl (C=O) groups is 1. The van der Waals surface area contributed by atoms with Gasteiger partial charge in [0.2, 0.25) is 5.91 Å². The van der Waals surface area contributed by atoms with E-state index >= 15 is 0 Å². The first kappa shape index (κ1) is 16.5. The zero-order chi connectivity index (χ0) is 15.3. The van der Waals surface area contributed by atoms with Crippen LogP contribution in [0.4, 0.5) is 0 Å². The molecular weight excluding hydrogens is 308 g/mol. The average molecular weight is 330 g/mol. The summed E-state index contributed by atoms with van der Waals surface area (Å²) < 4.78 is 26.8. The van der Waals surface area contributed by atoms with E-state index in [9.17, 15) is 13.2 Å². The molecule has 0 saturated carbocycles. The highest BCUT2D eigenvalue weighted by Crippen LogP contribution is 2.26. The fourth-order valence-corrected chi connectivity index (χ4v) is 5.11. The maximum Gasteiger partial charge on any atom is 0.252 e. The maximum atomic E-state index is 12.5. The number of hydrogen-bond acceptors (Lipinski definition) is 4. The smallest absolute Gasteiger partial charge is 0.252 e. The molecule has 7 heteroatoms. The van der Waals surface area contributed by atoms with Gasteiger partial charge in [0.1, 0.15) is 4.21 Å². The molecule has 1 saturated heterocycles. The van der Waals surface area contributed by atoms with Crippen molar-refractivity contribution in [1.82, 2.24) is 9.62 Å². The Labute approximate surface area is 130 Å². The summed E-state index contributed by atoms with van der Waals surface area (Å²) in [5, 5.41) is 4.66. The minimum atomic E-state index is -3.44. The van der Waals surface area contributed by atoms with Gasteiger partial charge in [-0.15, -0.1) is 11.3 Å². The van der Waals surface area contributed by atoms with Gasteiger partial charge in [-0.1, -0.05) is 19.4 Å². The summed E-state index contributed by atoms with van der Waals surface area (Å²) in [5.41, 5.74) is 0. The third kappa shape index (κ3) is 4.05. The lowest BCUT2D eigenvalue weighted by Gasteiger charge is -2.30. The molecule has 0 bridgehead atoms. The Morgan fingerprint density at radius 2 is 2.33 bits per heavy atom. The number of unbranched alkanes of at least 4 members (excludes halogenated alkanes) is 1. The number of rotatable bonds is 6. The fraction of sp³-hybridized carbons (Fsp3) is 0.643. The fourth-order valence-electron chi connectivity index (χ4n) is 2.44. The number of thiophene rings is 1. The number of nitrogens with zero attached hydrogens (tertiary/aromatic N) is 1. The third-order valence-electron chi connectivity index (χ3n) is 3.67. The molecule has 1 aromatic rings. The van der Waals surface area contributed by atoms with Crippen LogP contribution in [0.5, 0.6) is 0 Å². The van der Waals surface area contributed by atoms with Crippen molar-refractivity contribution < 1.29 is 13.2 Å². The monoisotopic (exact) mass is 330 g/mol. The van der Waals surface area contributed by atoms with Crippen LogP contribution < -0.4 is 5.32 Å². The van der Waals surface area contributed by atoms with Crippen LogP contribution in [-0.4, -0.2) is 38.3 Å². The van der Waals surface area contributed by atoms with Crippen molar-refractivity contribution in [2.45, 2.75) is 36.8 Å². The first-order valence-corrected chi connectivity index (χ1v) is 9.69. The SMILES string of the molecule is CCCCNC(=O)C1CCCN(S(=O)(=O)c2cccs2)C1. The Balaban J connectivity index is 1.99. The van der Waals surface area contributed by atoms with Crippen LogP contribution in [0.25, 0.3) is 0 Å². The van der Waals surface area contributed by atoms with Crippen LogP contribution in [0.2, 0.25) is 0 Å². The van der Waals surface area contributed by atoms with E-state index in [1.165, 1.54) is 15.6 Å². The van der Waals surface area contributed by atoms with E-state index in [1.54, 1.807) is 17.5 Å². The van der Waals surface area contributed by atoms with Crippen molar-refractivity contribution in [3.63, 3.8) is 0 Å². The van der Waals surface area contributed by atoms with Crippen molar-refractivity contribution in [1.29, 1.82) is 0 Å². The Kier molecular flexibility index (Phi) is 5.78. The second kappa shape index (κ2) is 7.38. The van der Waals surface area contributed by atoms with E-state index in [-0.39, 0.29) is 18.4 Å². The van der Waals surface area contributed by atoms with Crippen molar-refractivity contribution >= 4 is 27.3 Å². The molecule has 1 unspecified atom stereocenters. The predicted octanol–water partition coefficient (Wildman–Crippen LogP) is 2.07. The van der Waals surface area contributed by atoms with Gasteiger partial charge in [-0.05, 0) is 30.7 Å². The zero-order valence-corrected chi connectivity index (χ0v) is 13.9. The van der Waals surface area contributed by atoms with Crippen LogP contribution >= 0.6 is 11.3 Å². The molecule has 118 valence electrons. The standard InChI is InChI=1S/C14H22N2O3S2/c1-2-3-8-15-14(17)12-6-4-9-16(11-12)21(18,19)13-7-5-10-20-13/h5,7,10,12H,2-4,6,8-9,11H2,1H3,(H,15,17). The summed E-state index contributed by atoms with van der Waals surface area (Å²) in [5.74, 6) is -0.250. The normalized spacial score (nSPS) is 20.3. The highest BCUT2D eigenvalue weighted by Gasteiger charge is 2.33. The molecule has 1 aromatic heterocycles. The molecule has 1 aliphatic heterocycles. The second-order valence-electron chi connectivity index (χ2n) is 5.28. The largest absolute Gasteiger partial charge is 0.356 e. The molecular formula is C14H22N2O3S2. The minimum Gasteiger partial charge on any atom is -0.356 e. The van der Waals surface area contributed by atoms with E-state index in [1.807, 2.05) is 0 Å². The van der Waals surface area contributed by atoms with Gasteiger partial charge in [0.05, 0.1) is 5.92 Å². The van der Waals surface area contributed by atoms with Crippen LogP contribution in [0.3, 0.4) is 0 Å². The Morgan fingerprint density at radius 3 is 3.00 bits per heavy atom. The first-order chi connectivity index (χ1) is 10.1. The van der Waals surface area contributed by atoms with Gasteiger partial charge in [0, 0.05) is 19.6 Å². The summed E-state index contributed by atoms with van der Waals surface area (Å²) in [6.45, 7) is 3.53. The Morgan fingerprint density at radius 1 is 1.52 bits per heavy atom. The molecule has 0 spiro atoms. The molecule has 0 aliphatic carbocycles. The van der Waals surface area contributed by atoms with Crippen LogP contribution in [0.1, 0.15) is 32.6 Å². The quantitative estimate of drug-likeness (QED) is 0.812. The van der Waals surface area contributed by atoms with Crippen molar-refractivity contribution in [2.24, 2.45) is 5.92 Å². The van der Waals surface area contributed by atoms with Gasteiger partial charge in [-0.2, -0.15) is 4.31 Å². The lowest BCUT2D eigenvalue weighted by atomic mass is 9.99. The zero-order valence-electron chi connectivity index (χ0n) is 12.2. The predicted molar refractivity (Wildman–Crippen MR) is 83.7 cm³/mol. The number of nitrogens with one attached hydrogen (secondary N) is 1. The molecule has 1 amide bonds. The van der Waals surface area contributed by atoms with Gasteiger partial charge in [0.15, 0.2) is 0 Å². The molecule has 1 N–H and O–H groups in total. The lowest BCUT2D eigenvalue weighted by Crippen LogP contribution is -2.45. The number of sulfonamides is 1. The highest BCUT2D eigenvalue weighted by molar-refractivity contribution is 7.91. The van der Waals surface area contributed by atoms with E-state index in [4.69, 9.17) is 0 Å². The lowest BCUT2D eigenvalue weighted by molar-refractivity contribution is -0.126. The summed E-state index contributed by atoms with van der Waals surface area (Å²) in [7, 11) is -3.44. The second-order valence-corrected chi connectivity index (χ2v) is 8.39. The molecule has 0 aromatic carbocycles. The summed E-state index contributed by atoms with van der Waals surface area (Å²) in [4.78, 5) is 12.1. The molecule has 21 heavy (non-hydrogen) atoms. The number of amides is 1. The van der Waals surface area contributed by atoms with Crippen LogP contribution in [-0.2, 0) is 14.8 Å². The van der Waals surface area contributed by atoms with Crippen LogP contribution in [0.15, 0.2) is 21.7 Å². The average Bonchev–Trinajstić information content (AvgIpc) is 3.02. The van der Waals surface area contributed by atoms with Gasteiger partial charge in [-0.3, -0.25) is 4.79 Å². The molecule has 1 aliphatic rings. The Hall–Kier alpha value is -0.920. The van der Waals surface area contributed by atoms with Crippen molar-refractivity contribution in [3.8, 4) is 0 Å². The minimum absolute atomic E-state index is 0.0190. The van der Waals surface area contributed by atoms with Crippen LogP contribution in [0, 0.1) is 5.92 Å². The summed E-state index contributed by atoms with van der Waals surface area (Å²) in [6, 6.07) is 3.35. The van der Waals surface area contributed by atoms with Gasteiger partial charge in [-0.25, -0.2) is 8.42 Å². The molecule has 0 radical (unpaired) electrons. The molecule has 1 atom stereocenters. The number of carbonyl (C=O) groups excluding carboxylic acids is 1.